The predicted octanol–water partition coefficient (Wildman–Crippen LogP) is 14.1. The number of piperidine rings is 1. The molecule has 10 nitrogen and oxygen atoms in total. The molecule has 0 aromatic rings. The third-order valence-corrected chi connectivity index (χ3v) is 14.0. The molecule has 65 heavy (non-hydrogen) atoms. The van der Waals surface area contributed by atoms with E-state index in [1.807, 2.05) is 14.0 Å². The van der Waals surface area contributed by atoms with Crippen LogP contribution >= 0.6 is 0 Å². The van der Waals surface area contributed by atoms with E-state index in [0.717, 1.165) is 64.5 Å². The van der Waals surface area contributed by atoms with Gasteiger partial charge in [-0.25, -0.2) is 0 Å². The molecule has 2 heterocycles. The highest BCUT2D eigenvalue weighted by atomic mass is 16.7. The Morgan fingerprint density at radius 1 is 0.523 bits per heavy atom. The molecule has 1 unspecified atom stereocenters. The SMILES string of the molecule is CCCCCCCCCCCCCC(=O)O[C@H](COC(=O)C1(C)CCN(C)CC1)C1OC[C@H](OC(=O)CCCCCCCCCCCC)[C@H]1OC(=O)CCCCCCCCCCCCC. The van der Waals surface area contributed by atoms with Crippen molar-refractivity contribution in [1.82, 2.24) is 4.90 Å². The minimum Gasteiger partial charge on any atom is -0.461 e. The van der Waals surface area contributed by atoms with Crippen molar-refractivity contribution < 1.29 is 42.9 Å². The van der Waals surface area contributed by atoms with Gasteiger partial charge in [-0.2, -0.15) is 0 Å². The molecule has 0 saturated carbocycles. The largest absolute Gasteiger partial charge is 0.461 e. The van der Waals surface area contributed by atoms with Gasteiger partial charge in [-0.3, -0.25) is 19.2 Å². The highest BCUT2D eigenvalue weighted by Crippen LogP contribution is 2.33. The Kier molecular flexibility index (Phi) is 35.1. The molecule has 2 fully saturated rings. The molecule has 4 atom stereocenters. The summed E-state index contributed by atoms with van der Waals surface area (Å²) in [5.41, 5.74) is -0.652. The van der Waals surface area contributed by atoms with Crippen molar-refractivity contribution in [3.8, 4) is 0 Å². The Morgan fingerprint density at radius 2 is 0.877 bits per heavy atom. The fraction of sp³-hybridized carbons (Fsp3) is 0.927. The van der Waals surface area contributed by atoms with Gasteiger partial charge in [-0.05, 0) is 59.2 Å². The number of unbranched alkanes of at least 4 members (excludes halogenated alkanes) is 29. The fourth-order valence-electron chi connectivity index (χ4n) is 9.30. The summed E-state index contributed by atoms with van der Waals surface area (Å²) in [5, 5.41) is 0. The molecule has 2 saturated heterocycles. The minimum atomic E-state index is -1.03. The van der Waals surface area contributed by atoms with Crippen LogP contribution in [-0.4, -0.2) is 86.5 Å². The van der Waals surface area contributed by atoms with Gasteiger partial charge in [0, 0.05) is 19.3 Å². The Bertz CT molecular complexity index is 1200. The molecular formula is C55H101NO9. The number of nitrogens with zero attached hydrogens (tertiary/aromatic N) is 1. The van der Waals surface area contributed by atoms with E-state index in [9.17, 15) is 19.2 Å². The van der Waals surface area contributed by atoms with Crippen LogP contribution in [0.5, 0.6) is 0 Å². The number of rotatable bonds is 42. The minimum absolute atomic E-state index is 0.00448. The van der Waals surface area contributed by atoms with Crippen molar-refractivity contribution in [3.63, 3.8) is 0 Å². The third kappa shape index (κ3) is 28.7. The first kappa shape index (κ1) is 58.9. The maximum Gasteiger partial charge on any atom is 0.312 e. The lowest BCUT2D eigenvalue weighted by atomic mass is 9.80. The van der Waals surface area contributed by atoms with Gasteiger partial charge in [0.05, 0.1) is 12.0 Å². The van der Waals surface area contributed by atoms with E-state index < -0.39 is 35.8 Å². The van der Waals surface area contributed by atoms with Gasteiger partial charge in [-0.15, -0.1) is 0 Å². The van der Waals surface area contributed by atoms with Gasteiger partial charge in [0.15, 0.2) is 18.3 Å². The summed E-state index contributed by atoms with van der Waals surface area (Å²) in [6, 6.07) is 0. The number of ether oxygens (including phenoxy) is 5. The first-order valence-corrected chi connectivity index (χ1v) is 27.7. The zero-order valence-corrected chi connectivity index (χ0v) is 42.9. The number of hydrogen-bond acceptors (Lipinski definition) is 10. The van der Waals surface area contributed by atoms with Crippen LogP contribution in [-0.2, 0) is 42.9 Å². The summed E-state index contributed by atoms with van der Waals surface area (Å²) >= 11 is 0. The van der Waals surface area contributed by atoms with E-state index in [1.54, 1.807) is 0 Å². The lowest BCUT2D eigenvalue weighted by Crippen LogP contribution is -2.48. The molecule has 2 aliphatic heterocycles. The monoisotopic (exact) mass is 920 g/mol. The van der Waals surface area contributed by atoms with E-state index in [0.29, 0.717) is 25.7 Å². The topological polar surface area (TPSA) is 118 Å². The second-order valence-corrected chi connectivity index (χ2v) is 20.3. The fourth-order valence-corrected chi connectivity index (χ4v) is 9.30. The normalized spacial score (nSPS) is 18.9. The Hall–Kier alpha value is -2.20. The molecule has 0 amide bonds. The number of esters is 4. The van der Waals surface area contributed by atoms with E-state index >= 15 is 0 Å². The average Bonchev–Trinajstić information content (AvgIpc) is 3.68. The molecule has 0 bridgehead atoms. The lowest BCUT2D eigenvalue weighted by molar-refractivity contribution is -0.182. The molecule has 380 valence electrons. The van der Waals surface area contributed by atoms with Crippen LogP contribution in [0.4, 0.5) is 0 Å². The Morgan fingerprint density at radius 3 is 1.28 bits per heavy atom. The van der Waals surface area contributed by atoms with Gasteiger partial charge < -0.3 is 28.6 Å². The van der Waals surface area contributed by atoms with Crippen LogP contribution in [0.15, 0.2) is 0 Å². The van der Waals surface area contributed by atoms with Crippen molar-refractivity contribution >= 4 is 23.9 Å². The van der Waals surface area contributed by atoms with Crippen molar-refractivity contribution in [2.45, 2.75) is 290 Å². The third-order valence-electron chi connectivity index (χ3n) is 14.0. The second-order valence-electron chi connectivity index (χ2n) is 20.3. The average molecular weight is 920 g/mol. The van der Waals surface area contributed by atoms with Crippen LogP contribution in [0, 0.1) is 5.41 Å². The standard InChI is InChI=1S/C55H101NO9/c1-6-9-12-15-18-21-24-27-30-32-35-38-49(57)63-47(46-62-54(60)55(4)41-43-56(5)44-42-55)52-53(65-51(59)40-37-34-31-28-25-22-19-16-13-10-7-2)48(45-61-52)64-50(58)39-36-33-29-26-23-20-17-14-11-8-3/h47-48,52-53H,6-46H2,1-5H3/t47-,48+,52?,53-/m1/s1. The van der Waals surface area contributed by atoms with Gasteiger partial charge in [0.1, 0.15) is 12.7 Å². The Balaban J connectivity index is 2.05. The number of hydrogen-bond donors (Lipinski definition) is 0. The summed E-state index contributed by atoms with van der Waals surface area (Å²) < 4.78 is 30.5. The quantitative estimate of drug-likeness (QED) is 0.0333. The first-order chi connectivity index (χ1) is 31.6. The van der Waals surface area contributed by atoms with Gasteiger partial charge in [0.2, 0.25) is 0 Å². The van der Waals surface area contributed by atoms with Crippen LogP contribution in [0.25, 0.3) is 0 Å². The zero-order chi connectivity index (χ0) is 47.2. The molecule has 0 aromatic carbocycles. The van der Waals surface area contributed by atoms with Crippen LogP contribution < -0.4 is 0 Å². The van der Waals surface area contributed by atoms with Gasteiger partial charge in [0.25, 0.3) is 0 Å². The van der Waals surface area contributed by atoms with Crippen molar-refractivity contribution in [1.29, 1.82) is 0 Å². The number of likely N-dealkylation sites (tertiary alicyclic amines) is 1. The molecule has 0 aromatic heterocycles. The lowest BCUT2D eigenvalue weighted by Gasteiger charge is -2.36. The molecule has 0 spiro atoms. The van der Waals surface area contributed by atoms with Crippen LogP contribution in [0.3, 0.4) is 0 Å². The summed E-state index contributed by atoms with van der Waals surface area (Å²) in [5.74, 6) is -1.47. The van der Waals surface area contributed by atoms with Crippen LogP contribution in [0.2, 0.25) is 0 Å². The maximum absolute atomic E-state index is 13.6. The van der Waals surface area contributed by atoms with E-state index in [2.05, 4.69) is 25.7 Å². The smallest absolute Gasteiger partial charge is 0.312 e. The van der Waals surface area contributed by atoms with Crippen molar-refractivity contribution in [2.75, 3.05) is 33.4 Å². The molecule has 10 heteroatoms. The summed E-state index contributed by atoms with van der Waals surface area (Å²) in [6.07, 6.45) is 35.7. The first-order valence-electron chi connectivity index (χ1n) is 27.7. The number of carbonyl (C=O) groups is 4. The van der Waals surface area contributed by atoms with E-state index in [1.165, 1.54) is 141 Å². The second kappa shape index (κ2) is 38.7. The zero-order valence-electron chi connectivity index (χ0n) is 42.9. The van der Waals surface area contributed by atoms with E-state index in [4.69, 9.17) is 23.7 Å². The predicted molar refractivity (Wildman–Crippen MR) is 264 cm³/mol. The molecule has 0 aliphatic carbocycles. The molecule has 2 rings (SSSR count). The summed E-state index contributed by atoms with van der Waals surface area (Å²) in [7, 11) is 2.05. The summed E-state index contributed by atoms with van der Waals surface area (Å²) in [6.45, 7) is 10.0. The Labute approximate surface area is 398 Å². The van der Waals surface area contributed by atoms with Gasteiger partial charge >= 0.3 is 23.9 Å². The van der Waals surface area contributed by atoms with Crippen molar-refractivity contribution in [2.24, 2.45) is 5.41 Å². The van der Waals surface area contributed by atoms with Gasteiger partial charge in [-0.1, -0.05) is 207 Å². The highest BCUT2D eigenvalue weighted by Gasteiger charge is 2.49. The summed E-state index contributed by atoms with van der Waals surface area (Å²) in [4.78, 5) is 56.1. The highest BCUT2D eigenvalue weighted by molar-refractivity contribution is 5.76. The molecular weight excluding hydrogens is 819 g/mol. The van der Waals surface area contributed by atoms with E-state index in [-0.39, 0.29) is 50.4 Å². The van der Waals surface area contributed by atoms with Crippen molar-refractivity contribution in [3.05, 3.63) is 0 Å². The molecule has 2 aliphatic rings. The maximum atomic E-state index is 13.6. The van der Waals surface area contributed by atoms with Crippen LogP contribution in [0.1, 0.15) is 265 Å². The molecule has 0 N–H and O–H groups in total. The number of carbonyl (C=O) groups excluding carboxylic acids is 4. The molecule has 0 radical (unpaired) electrons.